The number of pyridine rings is 1. The molecule has 0 aliphatic heterocycles. The van der Waals surface area contributed by atoms with E-state index in [4.69, 9.17) is 4.98 Å². The number of benzene rings is 1. The Morgan fingerprint density at radius 3 is 2.93 bits per heavy atom. The van der Waals surface area contributed by atoms with Crippen molar-refractivity contribution < 1.29 is 9.18 Å². The highest BCUT2D eigenvalue weighted by molar-refractivity contribution is 7.22. The summed E-state index contributed by atoms with van der Waals surface area (Å²) in [5.41, 5.74) is 2.50. The van der Waals surface area contributed by atoms with Crippen LogP contribution in [0, 0.1) is 5.82 Å². The van der Waals surface area contributed by atoms with E-state index in [2.05, 4.69) is 15.4 Å². The molecule has 9 heteroatoms. The van der Waals surface area contributed by atoms with Gasteiger partial charge in [-0.1, -0.05) is 17.4 Å². The molecule has 0 unspecified atom stereocenters. The van der Waals surface area contributed by atoms with Gasteiger partial charge in [0.05, 0.1) is 37.9 Å². The second-order valence-electron chi connectivity index (χ2n) is 6.32. The topological polar surface area (TPSA) is 72.7 Å². The number of halogens is 1. The van der Waals surface area contributed by atoms with Gasteiger partial charge in [0.2, 0.25) is 0 Å². The summed E-state index contributed by atoms with van der Waals surface area (Å²) in [4.78, 5) is 23.2. The zero-order chi connectivity index (χ0) is 20.0. The summed E-state index contributed by atoms with van der Waals surface area (Å²) in [5, 5.41) is 10.3. The molecule has 1 N–H and O–H groups in total. The Morgan fingerprint density at radius 1 is 1.24 bits per heavy atom. The molecular formula is C20H14FN5OS2. The quantitative estimate of drug-likeness (QED) is 0.432. The molecule has 0 aliphatic rings. The van der Waals surface area contributed by atoms with E-state index in [1.165, 1.54) is 23.5 Å². The smallest absolute Gasteiger partial charge is 0.258 e. The molecule has 5 aromatic rings. The van der Waals surface area contributed by atoms with E-state index in [9.17, 15) is 9.18 Å². The zero-order valence-corrected chi connectivity index (χ0v) is 16.9. The number of aromatic nitrogens is 4. The molecule has 0 saturated carbocycles. The van der Waals surface area contributed by atoms with E-state index in [1.807, 2.05) is 24.4 Å². The van der Waals surface area contributed by atoms with Crippen molar-refractivity contribution in [2.45, 2.75) is 13.5 Å². The molecule has 1 amide bonds. The molecule has 29 heavy (non-hydrogen) atoms. The molecule has 0 fully saturated rings. The van der Waals surface area contributed by atoms with Gasteiger partial charge in [0.1, 0.15) is 5.82 Å². The SMILES string of the molecule is CCn1ncc2c(C(=O)Nc3nc4ccc(F)cc4s3)cc(-c3cccs3)nc21. The minimum absolute atomic E-state index is 0.301. The zero-order valence-electron chi connectivity index (χ0n) is 15.2. The van der Waals surface area contributed by atoms with Crippen LogP contribution in [0.5, 0.6) is 0 Å². The fraction of sp³-hybridized carbons (Fsp3) is 0.100. The van der Waals surface area contributed by atoms with Crippen LogP contribution in [-0.4, -0.2) is 25.7 Å². The highest BCUT2D eigenvalue weighted by atomic mass is 32.1. The number of amides is 1. The normalized spacial score (nSPS) is 11.4. The molecule has 4 aromatic heterocycles. The Balaban J connectivity index is 1.58. The Morgan fingerprint density at radius 2 is 2.14 bits per heavy atom. The highest BCUT2D eigenvalue weighted by Crippen LogP contribution is 2.30. The van der Waals surface area contributed by atoms with Gasteiger partial charge in [-0.25, -0.2) is 19.0 Å². The molecule has 0 bridgehead atoms. The second-order valence-corrected chi connectivity index (χ2v) is 8.29. The van der Waals surface area contributed by atoms with Gasteiger partial charge in [-0.3, -0.25) is 10.1 Å². The maximum absolute atomic E-state index is 13.4. The van der Waals surface area contributed by atoms with Crippen LogP contribution in [0.2, 0.25) is 0 Å². The number of hydrogen-bond acceptors (Lipinski definition) is 6. The summed E-state index contributed by atoms with van der Waals surface area (Å²) in [5.74, 6) is -0.632. The molecule has 0 radical (unpaired) electrons. The van der Waals surface area contributed by atoms with E-state index in [1.54, 1.807) is 34.3 Å². The van der Waals surface area contributed by atoms with Crippen LogP contribution in [-0.2, 0) is 6.54 Å². The standard InChI is InChI=1S/C20H14FN5OS2/c1-2-26-18-13(10-22-26)12(9-15(23-18)16-4-3-7-28-16)19(27)25-20-24-14-6-5-11(21)8-17(14)29-20/h3-10H,2H2,1H3,(H,24,25,27). The highest BCUT2D eigenvalue weighted by Gasteiger charge is 2.19. The van der Waals surface area contributed by atoms with Crippen LogP contribution in [0.15, 0.2) is 48.0 Å². The monoisotopic (exact) mass is 423 g/mol. The molecule has 1 aromatic carbocycles. The molecule has 0 saturated heterocycles. The number of nitrogens with zero attached hydrogens (tertiary/aromatic N) is 4. The van der Waals surface area contributed by atoms with Crippen LogP contribution < -0.4 is 5.32 Å². The lowest BCUT2D eigenvalue weighted by Gasteiger charge is -2.07. The van der Waals surface area contributed by atoms with E-state index in [0.29, 0.717) is 38.5 Å². The van der Waals surface area contributed by atoms with Crippen molar-refractivity contribution in [1.29, 1.82) is 0 Å². The van der Waals surface area contributed by atoms with Gasteiger partial charge in [-0.2, -0.15) is 5.10 Å². The van der Waals surface area contributed by atoms with Crippen LogP contribution in [0.3, 0.4) is 0 Å². The fourth-order valence-electron chi connectivity index (χ4n) is 3.13. The van der Waals surface area contributed by atoms with E-state index < -0.39 is 0 Å². The van der Waals surface area contributed by atoms with Crippen molar-refractivity contribution in [2.75, 3.05) is 5.32 Å². The van der Waals surface area contributed by atoms with Crippen LogP contribution in [0.4, 0.5) is 9.52 Å². The Kier molecular flexibility index (Phi) is 4.33. The minimum Gasteiger partial charge on any atom is -0.298 e. The first-order valence-electron chi connectivity index (χ1n) is 8.90. The Hall–Kier alpha value is -3.17. The lowest BCUT2D eigenvalue weighted by atomic mass is 10.1. The van der Waals surface area contributed by atoms with Gasteiger partial charge < -0.3 is 0 Å². The predicted molar refractivity (Wildman–Crippen MR) is 114 cm³/mol. The number of hydrogen-bond donors (Lipinski definition) is 1. The molecule has 4 heterocycles. The van der Waals surface area contributed by atoms with Crippen molar-refractivity contribution in [2.24, 2.45) is 0 Å². The molecular weight excluding hydrogens is 409 g/mol. The summed E-state index contributed by atoms with van der Waals surface area (Å²) < 4.78 is 15.9. The predicted octanol–water partition coefficient (Wildman–Crippen LogP) is 5.18. The molecule has 0 spiro atoms. The van der Waals surface area contributed by atoms with E-state index in [0.717, 1.165) is 10.6 Å². The first-order valence-corrected chi connectivity index (χ1v) is 10.6. The van der Waals surface area contributed by atoms with E-state index in [-0.39, 0.29) is 11.7 Å². The van der Waals surface area contributed by atoms with Crippen molar-refractivity contribution in [1.82, 2.24) is 19.7 Å². The molecule has 6 nitrogen and oxygen atoms in total. The van der Waals surface area contributed by atoms with Gasteiger partial charge >= 0.3 is 0 Å². The summed E-state index contributed by atoms with van der Waals surface area (Å²) >= 11 is 2.79. The Labute approximate surface area is 172 Å². The number of thiazole rings is 1. The lowest BCUT2D eigenvalue weighted by molar-refractivity contribution is 0.102. The molecule has 0 aliphatic carbocycles. The molecule has 144 valence electrons. The number of carbonyl (C=O) groups excluding carboxylic acids is 1. The van der Waals surface area contributed by atoms with Crippen molar-refractivity contribution in [3.05, 3.63) is 59.4 Å². The van der Waals surface area contributed by atoms with Gasteiger partial charge in [0, 0.05) is 6.54 Å². The van der Waals surface area contributed by atoms with Crippen LogP contribution in [0.25, 0.3) is 31.8 Å². The minimum atomic E-state index is -0.331. The van der Waals surface area contributed by atoms with Gasteiger partial charge in [0.15, 0.2) is 10.8 Å². The van der Waals surface area contributed by atoms with Gasteiger partial charge in [0.25, 0.3) is 5.91 Å². The number of fused-ring (bicyclic) bond motifs is 2. The van der Waals surface area contributed by atoms with Crippen LogP contribution in [0.1, 0.15) is 17.3 Å². The van der Waals surface area contributed by atoms with Crippen molar-refractivity contribution >= 4 is 55.0 Å². The number of aryl methyl sites for hydroxylation is 1. The number of nitrogens with one attached hydrogen (secondary N) is 1. The largest absolute Gasteiger partial charge is 0.298 e. The Bertz CT molecular complexity index is 1360. The van der Waals surface area contributed by atoms with E-state index >= 15 is 0 Å². The first-order chi connectivity index (χ1) is 14.1. The average molecular weight is 423 g/mol. The third-order valence-electron chi connectivity index (χ3n) is 4.50. The third kappa shape index (κ3) is 3.18. The number of rotatable bonds is 4. The van der Waals surface area contributed by atoms with Crippen LogP contribution >= 0.6 is 22.7 Å². The maximum Gasteiger partial charge on any atom is 0.258 e. The summed E-state index contributed by atoms with van der Waals surface area (Å²) in [7, 11) is 0. The molecule has 5 rings (SSSR count). The average Bonchev–Trinajstić information content (AvgIpc) is 3.45. The summed E-state index contributed by atoms with van der Waals surface area (Å²) in [6.07, 6.45) is 1.66. The number of thiophene rings is 1. The van der Waals surface area contributed by atoms with Gasteiger partial charge in [-0.15, -0.1) is 11.3 Å². The lowest BCUT2D eigenvalue weighted by Crippen LogP contribution is -2.13. The second kappa shape index (κ2) is 7.02. The van der Waals surface area contributed by atoms with Gasteiger partial charge in [-0.05, 0) is 42.6 Å². The summed E-state index contributed by atoms with van der Waals surface area (Å²) in [6.45, 7) is 2.63. The summed E-state index contributed by atoms with van der Waals surface area (Å²) in [6, 6.07) is 10.1. The van der Waals surface area contributed by atoms with Crippen molar-refractivity contribution in [3.8, 4) is 10.6 Å². The first kappa shape index (κ1) is 17.9. The maximum atomic E-state index is 13.4. The molecule has 0 atom stereocenters. The number of anilines is 1. The third-order valence-corrected chi connectivity index (χ3v) is 6.32. The number of carbonyl (C=O) groups is 1. The fourth-order valence-corrected chi connectivity index (χ4v) is 4.71. The van der Waals surface area contributed by atoms with Crippen molar-refractivity contribution in [3.63, 3.8) is 0 Å².